The molecule has 0 heterocycles. The average molecular weight is 266 g/mol. The molecule has 0 fully saturated rings. The van der Waals surface area contributed by atoms with Crippen LogP contribution in [0.4, 0.5) is 4.39 Å². The van der Waals surface area contributed by atoms with Crippen LogP contribution in [0.1, 0.15) is 26.3 Å². The van der Waals surface area contributed by atoms with Crippen LogP contribution in [-0.4, -0.2) is 49.1 Å². The Morgan fingerprint density at radius 3 is 2.32 bits per heavy atom. The number of halogens is 1. The van der Waals surface area contributed by atoms with Gasteiger partial charge in [-0.05, 0) is 45.1 Å². The van der Waals surface area contributed by atoms with Crippen LogP contribution >= 0.6 is 0 Å². The predicted molar refractivity (Wildman–Crippen MR) is 80.0 cm³/mol. The van der Waals surface area contributed by atoms with Crippen molar-refractivity contribution in [1.82, 2.24) is 9.80 Å². The molecule has 0 aromatic heterocycles. The van der Waals surface area contributed by atoms with Gasteiger partial charge in [0.05, 0.1) is 0 Å². The van der Waals surface area contributed by atoms with E-state index in [1.165, 1.54) is 6.07 Å². The highest BCUT2D eigenvalue weighted by atomic mass is 19.1. The van der Waals surface area contributed by atoms with Crippen LogP contribution in [0.25, 0.3) is 0 Å². The van der Waals surface area contributed by atoms with E-state index in [9.17, 15) is 4.39 Å². The summed E-state index contributed by atoms with van der Waals surface area (Å²) in [7, 11) is 2.12. The van der Waals surface area contributed by atoms with Crippen LogP contribution in [0, 0.1) is 5.82 Å². The van der Waals surface area contributed by atoms with Crippen molar-refractivity contribution >= 4 is 0 Å². The number of benzene rings is 1. The van der Waals surface area contributed by atoms with Crippen LogP contribution in [0.3, 0.4) is 0 Å². The smallest absolute Gasteiger partial charge is 0.126 e. The highest BCUT2D eigenvalue weighted by molar-refractivity contribution is 5.18. The van der Waals surface area contributed by atoms with Gasteiger partial charge in [-0.15, -0.1) is 0 Å². The van der Waals surface area contributed by atoms with Gasteiger partial charge in [-0.2, -0.15) is 0 Å². The van der Waals surface area contributed by atoms with Crippen LogP contribution in [0.2, 0.25) is 0 Å². The summed E-state index contributed by atoms with van der Waals surface area (Å²) in [5, 5.41) is 0. The van der Waals surface area contributed by atoms with E-state index in [0.717, 1.165) is 38.2 Å². The molecule has 0 radical (unpaired) electrons. The molecule has 0 aliphatic carbocycles. The number of rotatable bonds is 8. The molecule has 0 aliphatic rings. The molecule has 0 N–H and O–H groups in total. The fraction of sp³-hybridized carbons (Fsp3) is 0.625. The highest BCUT2D eigenvalue weighted by Crippen LogP contribution is 2.11. The van der Waals surface area contributed by atoms with Gasteiger partial charge >= 0.3 is 0 Å². The molecular formula is C16H27FN2. The average Bonchev–Trinajstić information content (AvgIpc) is 2.42. The van der Waals surface area contributed by atoms with E-state index in [1.54, 1.807) is 6.07 Å². The summed E-state index contributed by atoms with van der Waals surface area (Å²) in [6.45, 7) is 10.8. The lowest BCUT2D eigenvalue weighted by Gasteiger charge is -2.28. The third kappa shape index (κ3) is 5.29. The van der Waals surface area contributed by atoms with Crippen molar-refractivity contribution in [3.63, 3.8) is 0 Å². The van der Waals surface area contributed by atoms with E-state index in [-0.39, 0.29) is 5.82 Å². The van der Waals surface area contributed by atoms with Gasteiger partial charge in [-0.3, -0.25) is 0 Å². The monoisotopic (exact) mass is 266 g/mol. The molecule has 1 rings (SSSR count). The van der Waals surface area contributed by atoms with Gasteiger partial charge in [0, 0.05) is 19.1 Å². The van der Waals surface area contributed by atoms with Crippen molar-refractivity contribution in [3.05, 3.63) is 35.6 Å². The zero-order chi connectivity index (χ0) is 14.3. The molecule has 0 amide bonds. The normalized spacial score (nSPS) is 13.2. The summed E-state index contributed by atoms with van der Waals surface area (Å²) in [6.07, 6.45) is 0.765. The lowest BCUT2D eigenvalue weighted by atomic mass is 10.1. The highest BCUT2D eigenvalue weighted by Gasteiger charge is 2.12. The van der Waals surface area contributed by atoms with Gasteiger partial charge in [-0.25, -0.2) is 4.39 Å². The van der Waals surface area contributed by atoms with E-state index in [1.807, 2.05) is 12.1 Å². The molecule has 108 valence electrons. The lowest BCUT2D eigenvalue weighted by Crippen LogP contribution is -2.38. The largest absolute Gasteiger partial charge is 0.303 e. The third-order valence-corrected chi connectivity index (χ3v) is 3.89. The first-order chi connectivity index (χ1) is 9.08. The Labute approximate surface area is 117 Å². The van der Waals surface area contributed by atoms with Crippen molar-refractivity contribution in [2.24, 2.45) is 0 Å². The van der Waals surface area contributed by atoms with Crippen LogP contribution < -0.4 is 0 Å². The van der Waals surface area contributed by atoms with Crippen molar-refractivity contribution < 1.29 is 4.39 Å². The minimum Gasteiger partial charge on any atom is -0.303 e. The van der Waals surface area contributed by atoms with Crippen LogP contribution in [0.15, 0.2) is 24.3 Å². The number of likely N-dealkylation sites (N-methyl/N-ethyl adjacent to an activating group) is 2. The number of nitrogens with zero attached hydrogens (tertiary/aromatic N) is 2. The second-order valence-corrected chi connectivity index (χ2v) is 5.15. The maximum atomic E-state index is 13.6. The fourth-order valence-corrected chi connectivity index (χ4v) is 2.20. The fourth-order valence-electron chi connectivity index (χ4n) is 2.20. The van der Waals surface area contributed by atoms with E-state index in [4.69, 9.17) is 0 Å². The maximum Gasteiger partial charge on any atom is 0.126 e. The number of hydrogen-bond donors (Lipinski definition) is 0. The lowest BCUT2D eigenvalue weighted by molar-refractivity contribution is 0.204. The quantitative estimate of drug-likeness (QED) is 0.713. The van der Waals surface area contributed by atoms with E-state index >= 15 is 0 Å². The molecule has 19 heavy (non-hydrogen) atoms. The molecule has 0 aliphatic heterocycles. The van der Waals surface area contributed by atoms with Gasteiger partial charge < -0.3 is 9.80 Å². The molecule has 2 nitrogen and oxygen atoms in total. The summed E-state index contributed by atoms with van der Waals surface area (Å²) in [6, 6.07) is 7.42. The van der Waals surface area contributed by atoms with Crippen molar-refractivity contribution in [3.8, 4) is 0 Å². The van der Waals surface area contributed by atoms with Gasteiger partial charge in [0.25, 0.3) is 0 Å². The second kappa shape index (κ2) is 8.28. The Bertz CT molecular complexity index is 364. The van der Waals surface area contributed by atoms with Gasteiger partial charge in [0.15, 0.2) is 0 Å². The standard InChI is InChI=1S/C16H27FN2/c1-5-19(6-2)12-11-18(4)14(3)13-15-9-7-8-10-16(15)17/h7-10,14H,5-6,11-13H2,1-4H3. The first kappa shape index (κ1) is 16.1. The summed E-state index contributed by atoms with van der Waals surface area (Å²) < 4.78 is 13.6. The Kier molecular flexibility index (Phi) is 7.03. The minimum absolute atomic E-state index is 0.0912. The number of hydrogen-bond acceptors (Lipinski definition) is 2. The Balaban J connectivity index is 2.44. The summed E-state index contributed by atoms with van der Waals surface area (Å²) >= 11 is 0. The molecule has 1 atom stereocenters. The summed E-state index contributed by atoms with van der Waals surface area (Å²) in [4.78, 5) is 4.72. The molecule has 1 aromatic carbocycles. The summed E-state index contributed by atoms with van der Waals surface area (Å²) in [5.41, 5.74) is 0.810. The van der Waals surface area contributed by atoms with Gasteiger partial charge in [-0.1, -0.05) is 32.0 Å². The van der Waals surface area contributed by atoms with Gasteiger partial charge in [0.2, 0.25) is 0 Å². The third-order valence-electron chi connectivity index (χ3n) is 3.89. The molecule has 0 saturated carbocycles. The zero-order valence-corrected chi connectivity index (χ0v) is 12.7. The molecular weight excluding hydrogens is 239 g/mol. The molecule has 3 heteroatoms. The SMILES string of the molecule is CCN(CC)CCN(C)C(C)Cc1ccccc1F. The van der Waals surface area contributed by atoms with E-state index in [0.29, 0.717) is 6.04 Å². The van der Waals surface area contributed by atoms with Crippen LogP contribution in [-0.2, 0) is 6.42 Å². The van der Waals surface area contributed by atoms with Crippen molar-refractivity contribution in [1.29, 1.82) is 0 Å². The van der Waals surface area contributed by atoms with Crippen LogP contribution in [0.5, 0.6) is 0 Å². The Morgan fingerprint density at radius 1 is 1.11 bits per heavy atom. The molecule has 1 aromatic rings. The molecule has 0 saturated heterocycles. The van der Waals surface area contributed by atoms with Crippen molar-refractivity contribution in [2.45, 2.75) is 33.2 Å². The topological polar surface area (TPSA) is 6.48 Å². The second-order valence-electron chi connectivity index (χ2n) is 5.15. The van der Waals surface area contributed by atoms with E-state index < -0.39 is 0 Å². The van der Waals surface area contributed by atoms with Crippen molar-refractivity contribution in [2.75, 3.05) is 33.2 Å². The van der Waals surface area contributed by atoms with Gasteiger partial charge in [0.1, 0.15) is 5.82 Å². The van der Waals surface area contributed by atoms with E-state index in [2.05, 4.69) is 37.6 Å². The maximum absolute atomic E-state index is 13.6. The zero-order valence-electron chi connectivity index (χ0n) is 12.7. The molecule has 1 unspecified atom stereocenters. The first-order valence-electron chi connectivity index (χ1n) is 7.24. The molecule has 0 bridgehead atoms. The predicted octanol–water partition coefficient (Wildman–Crippen LogP) is 3.03. The first-order valence-corrected chi connectivity index (χ1v) is 7.24. The Hall–Kier alpha value is -0.930. The molecule has 0 spiro atoms. The Morgan fingerprint density at radius 2 is 1.74 bits per heavy atom. The summed E-state index contributed by atoms with van der Waals surface area (Å²) in [5.74, 6) is -0.0912. The minimum atomic E-state index is -0.0912.